The highest BCUT2D eigenvalue weighted by atomic mass is 16.8. The van der Waals surface area contributed by atoms with E-state index in [0.717, 1.165) is 12.0 Å². The molecule has 1 aromatic rings. The lowest BCUT2D eigenvalue weighted by Crippen LogP contribution is -2.72. The molecule has 3 aliphatic carbocycles. The monoisotopic (exact) mass is 318 g/mol. The Bertz CT molecular complexity index is 690. The third-order valence-electron chi connectivity index (χ3n) is 7.21. The number of rotatable bonds is 3. The number of hydrogen-bond donors (Lipinski definition) is 1. The summed E-state index contributed by atoms with van der Waals surface area (Å²) in [6.45, 7) is 4.27. The first kappa shape index (κ1) is 15.3. The van der Waals surface area contributed by atoms with Gasteiger partial charge in [-0.05, 0) is 13.3 Å². The zero-order valence-corrected chi connectivity index (χ0v) is 13.3. The second-order valence-corrected chi connectivity index (χ2v) is 7.92. The average molecular weight is 318 g/mol. The van der Waals surface area contributed by atoms with Gasteiger partial charge in [0, 0.05) is 35.2 Å². The van der Waals surface area contributed by atoms with E-state index in [1.807, 2.05) is 30.3 Å². The summed E-state index contributed by atoms with van der Waals surface area (Å²) in [7, 11) is 0. The summed E-state index contributed by atoms with van der Waals surface area (Å²) in [6.07, 6.45) is 1.32. The summed E-state index contributed by atoms with van der Waals surface area (Å²) >= 11 is 0. The summed E-state index contributed by atoms with van der Waals surface area (Å²) in [5.74, 6) is -0.978. The molecule has 3 saturated heterocycles. The van der Waals surface area contributed by atoms with Gasteiger partial charge in [0.25, 0.3) is 0 Å². The van der Waals surface area contributed by atoms with Crippen LogP contribution in [0, 0.1) is 16.7 Å². The fraction of sp³-hybridized carbons (Fsp3) is 0.611. The fourth-order valence-electron chi connectivity index (χ4n) is 5.87. The van der Waals surface area contributed by atoms with E-state index in [1.165, 1.54) is 0 Å². The number of benzene rings is 1. The van der Waals surface area contributed by atoms with E-state index in [4.69, 9.17) is 9.47 Å². The first-order valence-corrected chi connectivity index (χ1v) is 8.01. The summed E-state index contributed by atoms with van der Waals surface area (Å²) < 4.78 is 12.0. The summed E-state index contributed by atoms with van der Waals surface area (Å²) in [5, 5.41) is 10.8. The molecular weight excluding hydrogens is 296 g/mol. The third-order valence-corrected chi connectivity index (χ3v) is 7.21. The predicted molar refractivity (Wildman–Crippen MR) is 81.6 cm³/mol. The molecule has 5 nitrogen and oxygen atoms in total. The zero-order chi connectivity index (χ0) is 15.4. The maximum atomic E-state index is 12.8. The first-order chi connectivity index (χ1) is 10.3. The van der Waals surface area contributed by atoms with E-state index in [1.54, 1.807) is 0 Å². The summed E-state index contributed by atoms with van der Waals surface area (Å²) in [4.78, 5) is 12.8. The second kappa shape index (κ2) is 4.03. The molecule has 0 aromatic heterocycles. The van der Waals surface area contributed by atoms with Crippen molar-refractivity contribution >= 4 is 5.78 Å². The molecule has 3 aliphatic heterocycles. The van der Waals surface area contributed by atoms with Crippen molar-refractivity contribution in [2.24, 2.45) is 16.7 Å². The molecule has 5 heteroatoms. The number of Topliss-reactive ketones (excluding diaryl/α,β-unsaturated/α-hetero) is 1. The van der Waals surface area contributed by atoms with Crippen LogP contribution in [0.5, 0.6) is 0 Å². The van der Waals surface area contributed by atoms with E-state index in [0.29, 0.717) is 12.8 Å². The van der Waals surface area contributed by atoms with Crippen molar-refractivity contribution in [2.75, 3.05) is 0 Å². The van der Waals surface area contributed by atoms with Crippen molar-refractivity contribution in [2.45, 2.75) is 50.8 Å². The van der Waals surface area contributed by atoms with Crippen LogP contribution in [0.2, 0.25) is 0 Å². The number of ketones is 1. The van der Waals surface area contributed by atoms with Gasteiger partial charge in [-0.1, -0.05) is 37.3 Å². The molecule has 23 heavy (non-hydrogen) atoms. The van der Waals surface area contributed by atoms with Crippen LogP contribution in [-0.2, 0) is 9.47 Å². The van der Waals surface area contributed by atoms with Crippen LogP contribution in [0.1, 0.15) is 43.5 Å². The van der Waals surface area contributed by atoms with E-state index in [2.05, 4.69) is 13.8 Å². The lowest BCUT2D eigenvalue weighted by Gasteiger charge is -2.67. The molecule has 0 amide bonds. The molecule has 6 fully saturated rings. The molecule has 0 spiro atoms. The lowest BCUT2D eigenvalue weighted by molar-refractivity contribution is -0.370. The minimum absolute atomic E-state index is 0. The first-order valence-electron chi connectivity index (χ1n) is 8.01. The average Bonchev–Trinajstić information content (AvgIpc) is 2.66. The van der Waals surface area contributed by atoms with Gasteiger partial charge in [0.05, 0.1) is 5.60 Å². The van der Waals surface area contributed by atoms with Crippen molar-refractivity contribution in [3.8, 4) is 0 Å². The van der Waals surface area contributed by atoms with Gasteiger partial charge in [-0.15, -0.1) is 0 Å². The van der Waals surface area contributed by atoms with Crippen LogP contribution in [0.25, 0.3) is 0 Å². The van der Waals surface area contributed by atoms with Gasteiger partial charge in [0.2, 0.25) is 0 Å². The van der Waals surface area contributed by atoms with E-state index in [9.17, 15) is 9.90 Å². The lowest BCUT2D eigenvalue weighted by atomic mass is 9.35. The number of hydrogen-bond acceptors (Lipinski definition) is 4. The Morgan fingerprint density at radius 2 is 1.96 bits per heavy atom. The van der Waals surface area contributed by atoms with Gasteiger partial charge < -0.3 is 20.1 Å². The molecule has 0 radical (unpaired) electrons. The molecule has 1 aromatic carbocycles. The van der Waals surface area contributed by atoms with Crippen LogP contribution in [0.3, 0.4) is 0 Å². The fourth-order valence-corrected chi connectivity index (χ4v) is 5.87. The Morgan fingerprint density at radius 3 is 2.65 bits per heavy atom. The molecule has 124 valence electrons. The second-order valence-electron chi connectivity index (χ2n) is 7.92. The zero-order valence-electron chi connectivity index (χ0n) is 13.3. The summed E-state index contributed by atoms with van der Waals surface area (Å²) in [6, 6.07) is 9.38. The predicted octanol–water partition coefficient (Wildman–Crippen LogP) is 1.68. The van der Waals surface area contributed by atoms with Crippen LogP contribution in [0.15, 0.2) is 30.3 Å². The van der Waals surface area contributed by atoms with Crippen molar-refractivity contribution < 1.29 is 24.9 Å². The van der Waals surface area contributed by atoms with Crippen LogP contribution < -0.4 is 0 Å². The highest BCUT2D eigenvalue weighted by Gasteiger charge is 2.91. The maximum Gasteiger partial charge on any atom is 0.175 e. The normalized spacial score (nSPS) is 51.3. The molecule has 2 unspecified atom stereocenters. The molecule has 3 saturated carbocycles. The van der Waals surface area contributed by atoms with Crippen molar-refractivity contribution in [3.63, 3.8) is 0 Å². The van der Waals surface area contributed by atoms with Gasteiger partial charge in [0.15, 0.2) is 17.9 Å². The molecular formula is C18H22O5. The maximum absolute atomic E-state index is 12.8. The number of ether oxygens (including phenoxy) is 2. The quantitative estimate of drug-likeness (QED) is 0.859. The Morgan fingerprint density at radius 1 is 1.26 bits per heavy atom. The van der Waals surface area contributed by atoms with E-state index in [-0.39, 0.29) is 28.0 Å². The minimum atomic E-state index is -1.10. The number of carbonyl (C=O) groups excluding carboxylic acids is 1. The van der Waals surface area contributed by atoms with Crippen LogP contribution >= 0.6 is 0 Å². The standard InChI is InChI=1S/C18H20O4.H2O/c1-15-9-13-17(15,8-12(19)11-6-4-3-5-7-11)14-21-16(15,2)10-18(13,20)22-14;/h3-7,13-14,20H,8-10H2,1-2H3;1H2/t13-,14?,15-,16+,17?,18-;/m1./s1. The largest absolute Gasteiger partial charge is 0.412 e. The summed E-state index contributed by atoms with van der Waals surface area (Å²) in [5.41, 5.74) is -0.135. The Kier molecular flexibility index (Phi) is 2.68. The van der Waals surface area contributed by atoms with Crippen molar-refractivity contribution in [1.29, 1.82) is 0 Å². The SMILES string of the molecule is C[C@]12C[C@@H]3C1(CC(=O)c1ccccc1)C1O[C@]3(O)C[C@]2(C)O1.O. The third kappa shape index (κ3) is 1.37. The highest BCUT2D eigenvalue weighted by Crippen LogP contribution is 2.85. The Hall–Kier alpha value is -1.27. The topological polar surface area (TPSA) is 87.3 Å². The smallest absolute Gasteiger partial charge is 0.175 e. The van der Waals surface area contributed by atoms with Gasteiger partial charge in [-0.25, -0.2) is 0 Å². The van der Waals surface area contributed by atoms with Gasteiger partial charge in [-0.3, -0.25) is 4.79 Å². The highest BCUT2D eigenvalue weighted by molar-refractivity contribution is 5.96. The van der Waals surface area contributed by atoms with E-state index < -0.39 is 17.7 Å². The molecule has 6 bridgehead atoms. The van der Waals surface area contributed by atoms with E-state index >= 15 is 0 Å². The molecule has 7 rings (SSSR count). The van der Waals surface area contributed by atoms with Crippen molar-refractivity contribution in [3.05, 3.63) is 35.9 Å². The molecule has 6 atom stereocenters. The van der Waals surface area contributed by atoms with Crippen LogP contribution in [-0.4, -0.2) is 34.0 Å². The molecule has 6 aliphatic rings. The molecule has 3 N–H and O–H groups in total. The number of aliphatic hydroxyl groups is 1. The number of carbonyl (C=O) groups is 1. The van der Waals surface area contributed by atoms with Crippen molar-refractivity contribution in [1.82, 2.24) is 0 Å². The van der Waals surface area contributed by atoms with Crippen LogP contribution in [0.4, 0.5) is 0 Å². The Labute approximate surface area is 134 Å². The Balaban J connectivity index is 0.00000135. The minimum Gasteiger partial charge on any atom is -0.412 e. The van der Waals surface area contributed by atoms with Gasteiger partial charge >= 0.3 is 0 Å². The van der Waals surface area contributed by atoms with Gasteiger partial charge in [0.1, 0.15) is 0 Å². The molecule has 3 heterocycles. The van der Waals surface area contributed by atoms with Gasteiger partial charge in [-0.2, -0.15) is 0 Å².